The van der Waals surface area contributed by atoms with Gasteiger partial charge in [-0.3, -0.25) is 5.32 Å². The third-order valence-corrected chi connectivity index (χ3v) is 7.10. The lowest BCUT2D eigenvalue weighted by Crippen LogP contribution is -2.51. The summed E-state index contributed by atoms with van der Waals surface area (Å²) >= 11 is 0. The van der Waals surface area contributed by atoms with Crippen molar-refractivity contribution in [1.82, 2.24) is 10.6 Å². The quantitative estimate of drug-likeness (QED) is 0.808. The Balaban J connectivity index is 1.79. The zero-order valence-electron chi connectivity index (χ0n) is 12.8. The summed E-state index contributed by atoms with van der Waals surface area (Å²) in [4.78, 5) is 0.748. The van der Waals surface area contributed by atoms with Gasteiger partial charge < -0.3 is 10.1 Å². The van der Waals surface area contributed by atoms with Crippen LogP contribution in [0.25, 0.3) is 0 Å². The predicted octanol–water partition coefficient (Wildman–Crippen LogP) is 2.76. The highest BCUT2D eigenvalue weighted by molar-refractivity contribution is 8.28. The Bertz CT molecular complexity index is 662. The van der Waals surface area contributed by atoms with Gasteiger partial charge in [0.2, 0.25) is 0 Å². The monoisotopic (exact) mass is 346 g/mol. The molecule has 128 valence electrons. The number of halogens is 3. The number of alkyl halides is 3. The van der Waals surface area contributed by atoms with E-state index in [4.69, 9.17) is 4.74 Å². The van der Waals surface area contributed by atoms with Crippen LogP contribution in [0.4, 0.5) is 13.2 Å². The summed E-state index contributed by atoms with van der Waals surface area (Å²) in [6.07, 6.45) is -2.59. The lowest BCUT2D eigenvalue weighted by atomic mass is 10.0. The molecule has 1 aromatic rings. The van der Waals surface area contributed by atoms with Crippen molar-refractivity contribution in [3.05, 3.63) is 29.8 Å². The van der Waals surface area contributed by atoms with Crippen LogP contribution >= 0.6 is 9.21 Å². The zero-order valence-corrected chi connectivity index (χ0v) is 13.6. The maximum absolute atomic E-state index is 12.7. The molecule has 0 bridgehead atoms. The van der Waals surface area contributed by atoms with Crippen LogP contribution in [0.1, 0.15) is 18.4 Å². The highest BCUT2D eigenvalue weighted by atomic mass is 32.2. The standard InChI is InChI=1S/C16H21F3N2OS/c1-23(2,13-5-3-12(4-6-13)16(17,18)19)14-11-22-15(21-14)7-9-20-10-8-15/h3-6,14,20-21H,1-2,7-11H2. The van der Waals surface area contributed by atoms with Gasteiger partial charge in [0, 0.05) is 12.8 Å². The van der Waals surface area contributed by atoms with Crippen molar-refractivity contribution >= 4 is 20.9 Å². The van der Waals surface area contributed by atoms with Crippen LogP contribution in [-0.4, -0.2) is 42.5 Å². The van der Waals surface area contributed by atoms with Crippen LogP contribution in [0.5, 0.6) is 0 Å². The molecular formula is C16H21F3N2OS. The fourth-order valence-corrected chi connectivity index (χ4v) is 4.83. The number of benzene rings is 1. The Kier molecular flexibility index (Phi) is 4.25. The van der Waals surface area contributed by atoms with E-state index in [1.54, 1.807) is 0 Å². The number of hydrogen-bond donors (Lipinski definition) is 2. The van der Waals surface area contributed by atoms with Gasteiger partial charge in [-0.25, -0.2) is 0 Å². The van der Waals surface area contributed by atoms with Gasteiger partial charge in [-0.15, -0.1) is 0 Å². The Morgan fingerprint density at radius 1 is 1.13 bits per heavy atom. The maximum Gasteiger partial charge on any atom is 0.416 e. The molecule has 1 unspecified atom stereocenters. The number of hydrogen-bond acceptors (Lipinski definition) is 3. The van der Waals surface area contributed by atoms with Crippen molar-refractivity contribution in [3.63, 3.8) is 0 Å². The molecule has 1 atom stereocenters. The van der Waals surface area contributed by atoms with E-state index in [1.165, 1.54) is 12.1 Å². The first-order valence-corrected chi connectivity index (χ1v) is 9.54. The molecule has 0 aliphatic carbocycles. The largest absolute Gasteiger partial charge is 0.416 e. The third-order valence-electron chi connectivity index (χ3n) is 4.54. The topological polar surface area (TPSA) is 33.3 Å². The third kappa shape index (κ3) is 3.28. The fourth-order valence-electron chi connectivity index (χ4n) is 3.05. The van der Waals surface area contributed by atoms with E-state index in [2.05, 4.69) is 22.4 Å². The minimum Gasteiger partial charge on any atom is -0.358 e. The van der Waals surface area contributed by atoms with Gasteiger partial charge in [0.25, 0.3) is 0 Å². The van der Waals surface area contributed by atoms with Crippen molar-refractivity contribution in [2.75, 3.05) is 19.7 Å². The zero-order chi connectivity index (χ0) is 16.7. The molecule has 23 heavy (non-hydrogen) atoms. The molecule has 2 N–H and O–H groups in total. The normalized spacial score (nSPS) is 24.9. The molecular weight excluding hydrogens is 325 g/mol. The van der Waals surface area contributed by atoms with Gasteiger partial charge in [0.1, 0.15) is 5.72 Å². The van der Waals surface area contributed by atoms with Gasteiger partial charge in [-0.1, -0.05) is 11.7 Å². The van der Waals surface area contributed by atoms with E-state index in [9.17, 15) is 13.2 Å². The molecule has 7 heteroatoms. The van der Waals surface area contributed by atoms with Gasteiger partial charge in [-0.05, 0) is 42.3 Å². The summed E-state index contributed by atoms with van der Waals surface area (Å²) in [6, 6.07) is 5.19. The molecule has 1 aromatic carbocycles. The summed E-state index contributed by atoms with van der Waals surface area (Å²) < 4.78 is 44.1. The summed E-state index contributed by atoms with van der Waals surface area (Å²) in [7, 11) is -1.80. The molecule has 2 saturated heterocycles. The summed E-state index contributed by atoms with van der Waals surface area (Å²) in [5.74, 6) is 8.45. The Morgan fingerprint density at radius 3 is 2.30 bits per heavy atom. The first-order chi connectivity index (χ1) is 10.7. The summed E-state index contributed by atoms with van der Waals surface area (Å²) in [6.45, 7) is 2.26. The van der Waals surface area contributed by atoms with E-state index in [-0.39, 0.29) is 11.1 Å². The van der Waals surface area contributed by atoms with Crippen molar-refractivity contribution in [2.24, 2.45) is 0 Å². The SMILES string of the molecule is C=S(=C)(c1ccc(C(F)(F)F)cc1)C1COC2(CCNCC2)N1. The molecule has 0 aromatic heterocycles. The van der Waals surface area contributed by atoms with Crippen molar-refractivity contribution in [2.45, 2.75) is 35.0 Å². The van der Waals surface area contributed by atoms with E-state index in [1.807, 2.05) is 0 Å². The molecule has 1 spiro atoms. The second-order valence-corrected chi connectivity index (χ2v) is 9.08. The number of ether oxygens (including phenoxy) is 1. The molecule has 2 aliphatic heterocycles. The molecule has 3 rings (SSSR count). The van der Waals surface area contributed by atoms with Gasteiger partial charge >= 0.3 is 6.18 Å². The molecule has 3 nitrogen and oxygen atoms in total. The highest BCUT2D eigenvalue weighted by Gasteiger charge is 2.42. The first-order valence-electron chi connectivity index (χ1n) is 7.51. The number of rotatable bonds is 2. The fraction of sp³-hybridized carbons (Fsp3) is 0.500. The first kappa shape index (κ1) is 16.8. The molecule has 0 saturated carbocycles. The van der Waals surface area contributed by atoms with Gasteiger partial charge in [0.15, 0.2) is 0 Å². The van der Waals surface area contributed by atoms with Gasteiger partial charge in [0.05, 0.1) is 17.5 Å². The lowest BCUT2D eigenvalue weighted by Gasteiger charge is -2.34. The van der Waals surface area contributed by atoms with Crippen molar-refractivity contribution < 1.29 is 17.9 Å². The molecule has 2 heterocycles. The number of piperidine rings is 1. The van der Waals surface area contributed by atoms with E-state index in [0.29, 0.717) is 6.61 Å². The second-order valence-electron chi connectivity index (χ2n) is 6.15. The van der Waals surface area contributed by atoms with E-state index in [0.717, 1.165) is 43.0 Å². The predicted molar refractivity (Wildman–Crippen MR) is 89.3 cm³/mol. The average molecular weight is 346 g/mol. The van der Waals surface area contributed by atoms with Crippen molar-refractivity contribution in [1.29, 1.82) is 0 Å². The van der Waals surface area contributed by atoms with Crippen LogP contribution < -0.4 is 10.6 Å². The minimum atomic E-state index is -4.33. The Hall–Kier alpha value is -1.02. The van der Waals surface area contributed by atoms with Crippen LogP contribution in [0.2, 0.25) is 0 Å². The second kappa shape index (κ2) is 5.81. The highest BCUT2D eigenvalue weighted by Crippen LogP contribution is 2.42. The van der Waals surface area contributed by atoms with E-state index >= 15 is 0 Å². The smallest absolute Gasteiger partial charge is 0.358 e. The number of nitrogens with one attached hydrogen (secondary N) is 2. The summed E-state index contributed by atoms with van der Waals surface area (Å²) in [5.41, 5.74) is -0.989. The summed E-state index contributed by atoms with van der Waals surface area (Å²) in [5, 5.41) is 6.75. The Labute approximate surface area is 134 Å². The van der Waals surface area contributed by atoms with Crippen LogP contribution in [0.15, 0.2) is 29.2 Å². The van der Waals surface area contributed by atoms with Crippen LogP contribution in [0, 0.1) is 0 Å². The van der Waals surface area contributed by atoms with Crippen LogP contribution in [0.3, 0.4) is 0 Å². The van der Waals surface area contributed by atoms with Crippen LogP contribution in [-0.2, 0) is 10.9 Å². The maximum atomic E-state index is 12.7. The molecule has 0 radical (unpaired) electrons. The molecule has 2 fully saturated rings. The van der Waals surface area contributed by atoms with E-state index < -0.39 is 20.9 Å². The molecule has 2 aliphatic rings. The van der Waals surface area contributed by atoms with Crippen molar-refractivity contribution in [3.8, 4) is 0 Å². The van der Waals surface area contributed by atoms with Gasteiger partial charge in [-0.2, -0.15) is 22.4 Å². The lowest BCUT2D eigenvalue weighted by molar-refractivity contribution is -0.137. The average Bonchev–Trinajstić information content (AvgIpc) is 2.92. The minimum absolute atomic E-state index is 0.0580. The Morgan fingerprint density at radius 2 is 1.74 bits per heavy atom. The molecule has 0 amide bonds.